The van der Waals surface area contributed by atoms with Crippen LogP contribution in [-0.4, -0.2) is 42.7 Å². The summed E-state index contributed by atoms with van der Waals surface area (Å²) in [6, 6.07) is 14.3. The molecule has 31 heavy (non-hydrogen) atoms. The van der Waals surface area contributed by atoms with Gasteiger partial charge in [0.1, 0.15) is 18.5 Å². The first kappa shape index (κ1) is 25.0. The SMILES string of the molecule is C[C@H](CCOC(=O)CS)[C@@H](OC(=O)Nc1ccc(Br)cc1)c1cccc(OCCO)c1. The quantitative estimate of drug-likeness (QED) is 0.301. The van der Waals surface area contributed by atoms with Gasteiger partial charge in [0.25, 0.3) is 0 Å². The summed E-state index contributed by atoms with van der Waals surface area (Å²) in [6.45, 7) is 2.16. The minimum Gasteiger partial charge on any atom is -0.491 e. The van der Waals surface area contributed by atoms with E-state index in [-0.39, 0.29) is 31.5 Å². The standard InChI is InChI=1S/C22H26BrNO6S/c1-15(9-11-29-20(26)14-31)21(16-3-2-4-19(13-16)28-12-10-25)30-22(27)24-18-7-5-17(23)6-8-18/h2-8,13,15,21,25,31H,9-12,14H2,1H3,(H,24,27)/t15-,21-/m1/s1. The van der Waals surface area contributed by atoms with Crippen LogP contribution in [0, 0.1) is 5.92 Å². The number of nitrogens with one attached hydrogen (secondary N) is 1. The maximum absolute atomic E-state index is 12.6. The van der Waals surface area contributed by atoms with Gasteiger partial charge in [-0.25, -0.2) is 4.79 Å². The van der Waals surface area contributed by atoms with Crippen LogP contribution < -0.4 is 10.1 Å². The highest BCUT2D eigenvalue weighted by Crippen LogP contribution is 2.31. The van der Waals surface area contributed by atoms with Gasteiger partial charge in [-0.1, -0.05) is 35.0 Å². The number of hydrogen-bond donors (Lipinski definition) is 3. The normalized spacial score (nSPS) is 12.5. The Morgan fingerprint density at radius 1 is 1.16 bits per heavy atom. The Bertz CT molecular complexity index is 848. The molecule has 2 aromatic rings. The zero-order valence-corrected chi connectivity index (χ0v) is 19.6. The van der Waals surface area contributed by atoms with Crippen molar-refractivity contribution in [2.24, 2.45) is 5.92 Å². The largest absolute Gasteiger partial charge is 0.491 e. The monoisotopic (exact) mass is 511 g/mol. The number of amides is 1. The fraction of sp³-hybridized carbons (Fsp3) is 0.364. The van der Waals surface area contributed by atoms with Crippen molar-refractivity contribution in [3.05, 3.63) is 58.6 Å². The molecule has 0 saturated heterocycles. The highest BCUT2D eigenvalue weighted by molar-refractivity contribution is 9.10. The molecule has 0 fully saturated rings. The summed E-state index contributed by atoms with van der Waals surface area (Å²) < 4.78 is 17.2. The number of benzene rings is 2. The number of thiol groups is 1. The van der Waals surface area contributed by atoms with Crippen LogP contribution >= 0.6 is 28.6 Å². The van der Waals surface area contributed by atoms with E-state index in [2.05, 4.69) is 33.9 Å². The summed E-state index contributed by atoms with van der Waals surface area (Å²) >= 11 is 7.24. The maximum atomic E-state index is 12.6. The Labute approximate surface area is 195 Å². The number of ether oxygens (including phenoxy) is 3. The fourth-order valence-corrected chi connectivity index (χ4v) is 3.16. The predicted octanol–water partition coefficient (Wildman–Crippen LogP) is 4.61. The number of hydrogen-bond acceptors (Lipinski definition) is 7. The number of aliphatic hydroxyl groups excluding tert-OH is 1. The van der Waals surface area contributed by atoms with Gasteiger partial charge in [0.15, 0.2) is 0 Å². The smallest absolute Gasteiger partial charge is 0.412 e. The minimum absolute atomic E-state index is 0.00808. The summed E-state index contributed by atoms with van der Waals surface area (Å²) in [6.07, 6.45) is -0.728. The zero-order chi connectivity index (χ0) is 22.6. The van der Waals surface area contributed by atoms with Crippen LogP contribution in [0.2, 0.25) is 0 Å². The van der Waals surface area contributed by atoms with Crippen LogP contribution in [0.15, 0.2) is 53.0 Å². The van der Waals surface area contributed by atoms with Crippen molar-refractivity contribution in [3.8, 4) is 5.75 Å². The second-order valence-corrected chi connectivity index (χ2v) is 7.98. The molecule has 2 atom stereocenters. The molecule has 0 unspecified atom stereocenters. The maximum Gasteiger partial charge on any atom is 0.412 e. The van der Waals surface area contributed by atoms with Crippen LogP contribution in [0.4, 0.5) is 10.5 Å². The second-order valence-electron chi connectivity index (χ2n) is 6.75. The molecule has 0 aliphatic rings. The van der Waals surface area contributed by atoms with Crippen LogP contribution in [0.5, 0.6) is 5.75 Å². The Morgan fingerprint density at radius 3 is 2.58 bits per heavy atom. The Balaban J connectivity index is 2.13. The van der Waals surface area contributed by atoms with E-state index < -0.39 is 18.2 Å². The molecule has 9 heteroatoms. The number of aliphatic hydroxyl groups is 1. The minimum atomic E-state index is -0.608. The number of carbonyl (C=O) groups is 2. The molecule has 2 rings (SSSR count). The summed E-state index contributed by atoms with van der Waals surface area (Å²) in [7, 11) is 0. The van der Waals surface area contributed by atoms with Gasteiger partial charge >= 0.3 is 12.1 Å². The van der Waals surface area contributed by atoms with E-state index in [0.29, 0.717) is 17.9 Å². The average molecular weight is 512 g/mol. The lowest BCUT2D eigenvalue weighted by Crippen LogP contribution is -2.23. The van der Waals surface area contributed by atoms with E-state index in [1.54, 1.807) is 30.3 Å². The van der Waals surface area contributed by atoms with Gasteiger partial charge in [-0.2, -0.15) is 12.6 Å². The Hall–Kier alpha value is -2.23. The van der Waals surface area contributed by atoms with Crippen LogP contribution in [-0.2, 0) is 14.3 Å². The number of carbonyl (C=O) groups excluding carboxylic acids is 2. The molecule has 0 aromatic heterocycles. The van der Waals surface area contributed by atoms with Gasteiger partial charge in [0.05, 0.1) is 19.0 Å². The lowest BCUT2D eigenvalue weighted by atomic mass is 9.94. The van der Waals surface area contributed by atoms with Crippen LogP contribution in [0.3, 0.4) is 0 Å². The molecular formula is C22H26BrNO6S. The fourth-order valence-electron chi connectivity index (χ4n) is 2.81. The lowest BCUT2D eigenvalue weighted by Gasteiger charge is -2.25. The van der Waals surface area contributed by atoms with E-state index >= 15 is 0 Å². The lowest BCUT2D eigenvalue weighted by molar-refractivity contribution is -0.141. The van der Waals surface area contributed by atoms with Crippen molar-refractivity contribution in [2.45, 2.75) is 19.4 Å². The zero-order valence-electron chi connectivity index (χ0n) is 17.1. The molecule has 2 N–H and O–H groups in total. The van der Waals surface area contributed by atoms with E-state index in [1.807, 2.05) is 25.1 Å². The van der Waals surface area contributed by atoms with Crippen LogP contribution in [0.1, 0.15) is 25.0 Å². The van der Waals surface area contributed by atoms with Gasteiger partial charge in [-0.3, -0.25) is 10.1 Å². The van der Waals surface area contributed by atoms with Crippen molar-refractivity contribution in [3.63, 3.8) is 0 Å². The van der Waals surface area contributed by atoms with Crippen molar-refractivity contribution in [1.82, 2.24) is 0 Å². The average Bonchev–Trinajstić information content (AvgIpc) is 2.77. The first-order valence-corrected chi connectivity index (χ1v) is 11.2. The molecule has 0 spiro atoms. The summed E-state index contributed by atoms with van der Waals surface area (Å²) in [4.78, 5) is 23.9. The molecule has 0 bridgehead atoms. The number of halogens is 1. The Morgan fingerprint density at radius 2 is 1.90 bits per heavy atom. The van der Waals surface area contributed by atoms with Gasteiger partial charge in [-0.15, -0.1) is 0 Å². The molecule has 1 amide bonds. The summed E-state index contributed by atoms with van der Waals surface area (Å²) in [5, 5.41) is 11.7. The number of anilines is 1. The third kappa shape index (κ3) is 8.80. The van der Waals surface area contributed by atoms with E-state index in [9.17, 15) is 9.59 Å². The van der Waals surface area contributed by atoms with Crippen molar-refractivity contribution >= 4 is 46.3 Å². The predicted molar refractivity (Wildman–Crippen MR) is 125 cm³/mol. The van der Waals surface area contributed by atoms with Gasteiger partial charge in [0.2, 0.25) is 0 Å². The molecule has 7 nitrogen and oxygen atoms in total. The molecule has 0 heterocycles. The number of esters is 1. The van der Waals surface area contributed by atoms with Gasteiger partial charge < -0.3 is 19.3 Å². The summed E-state index contributed by atoms with van der Waals surface area (Å²) in [5.41, 5.74) is 1.33. The molecule has 0 aliphatic carbocycles. The van der Waals surface area contributed by atoms with Gasteiger partial charge in [-0.05, 0) is 48.4 Å². The molecule has 0 saturated carbocycles. The topological polar surface area (TPSA) is 94.1 Å². The summed E-state index contributed by atoms with van der Waals surface area (Å²) in [5.74, 6) is 0.00718. The van der Waals surface area contributed by atoms with E-state index in [0.717, 1.165) is 10.0 Å². The van der Waals surface area contributed by atoms with Gasteiger partial charge in [0, 0.05) is 16.1 Å². The molecule has 2 aromatic carbocycles. The highest BCUT2D eigenvalue weighted by Gasteiger charge is 2.25. The van der Waals surface area contributed by atoms with Crippen molar-refractivity contribution in [1.29, 1.82) is 0 Å². The number of rotatable bonds is 11. The molecule has 0 radical (unpaired) electrons. The van der Waals surface area contributed by atoms with Crippen molar-refractivity contribution in [2.75, 3.05) is 30.9 Å². The second kappa shape index (κ2) is 13.2. The third-order valence-electron chi connectivity index (χ3n) is 4.35. The highest BCUT2D eigenvalue weighted by atomic mass is 79.9. The molecule has 168 valence electrons. The first-order valence-electron chi connectivity index (χ1n) is 9.76. The molecule has 0 aliphatic heterocycles. The third-order valence-corrected chi connectivity index (χ3v) is 5.14. The Kier molecular flexibility index (Phi) is 10.7. The first-order chi connectivity index (χ1) is 14.9. The van der Waals surface area contributed by atoms with E-state index in [1.165, 1.54) is 0 Å². The van der Waals surface area contributed by atoms with Crippen molar-refractivity contribution < 1.29 is 28.9 Å². The molecular weight excluding hydrogens is 486 g/mol. The van der Waals surface area contributed by atoms with Crippen LogP contribution in [0.25, 0.3) is 0 Å². The van der Waals surface area contributed by atoms with E-state index in [4.69, 9.17) is 19.3 Å².